The number of rotatable bonds is 12. The predicted octanol–water partition coefficient (Wildman–Crippen LogP) is 18.3. The standard InChI is InChI=1S/C79H47N11/c80-48-50-21-25-58(26-22-50)74-75(60-37-39-61(40-38-60)78-87-69(53-12-3-1-4-13-53)46-71(88-78)57-35-33-55(34-36-57)65-18-9-10-43-82-65)86-73-45-64(41-42-68(73)84-74)63-17-11-16-62(44-63)52-29-31-56(32-30-52)72-47-70(54-14-5-2-6-15-54)89-79(90-72)77-76(59-27-23-51(49-81)24-28-59)83-66-19-7-8-20-67(66)85-77/h1-47H. The molecule has 0 fully saturated rings. The smallest absolute Gasteiger partial charge is 0.181 e. The van der Waals surface area contributed by atoms with Gasteiger partial charge >= 0.3 is 0 Å². The molecule has 15 aromatic rings. The first-order chi connectivity index (χ1) is 44.4. The van der Waals surface area contributed by atoms with Gasteiger partial charge in [-0.2, -0.15) is 10.5 Å². The van der Waals surface area contributed by atoms with Crippen LogP contribution in [0.5, 0.6) is 0 Å². The van der Waals surface area contributed by atoms with Crippen molar-refractivity contribution in [2.75, 3.05) is 0 Å². The molecule has 0 aliphatic heterocycles. The van der Waals surface area contributed by atoms with Gasteiger partial charge in [-0.15, -0.1) is 0 Å². The molecule has 0 amide bonds. The van der Waals surface area contributed by atoms with Crippen LogP contribution in [0.25, 0.3) is 157 Å². The topological polar surface area (TPSA) is 164 Å². The first-order valence-electron chi connectivity index (χ1n) is 29.3. The number of fused-ring (bicyclic) bond motifs is 2. The molecule has 418 valence electrons. The summed E-state index contributed by atoms with van der Waals surface area (Å²) >= 11 is 0. The number of benzene rings is 10. The van der Waals surface area contributed by atoms with Crippen LogP contribution in [0.3, 0.4) is 0 Å². The monoisotopic (exact) mass is 1150 g/mol. The van der Waals surface area contributed by atoms with E-state index in [1.54, 1.807) is 18.3 Å². The van der Waals surface area contributed by atoms with E-state index >= 15 is 0 Å². The summed E-state index contributed by atoms with van der Waals surface area (Å²) in [5, 5.41) is 19.3. The van der Waals surface area contributed by atoms with Gasteiger partial charge in [-0.05, 0) is 101 Å². The third-order valence-electron chi connectivity index (χ3n) is 15.9. The van der Waals surface area contributed by atoms with Crippen molar-refractivity contribution in [3.63, 3.8) is 0 Å². The Kier molecular flexibility index (Phi) is 14.1. The Balaban J connectivity index is 0.762. The van der Waals surface area contributed by atoms with Gasteiger partial charge in [-0.25, -0.2) is 39.9 Å². The van der Waals surface area contributed by atoms with Crippen LogP contribution in [-0.2, 0) is 0 Å². The van der Waals surface area contributed by atoms with Crippen molar-refractivity contribution in [1.29, 1.82) is 10.5 Å². The predicted molar refractivity (Wildman–Crippen MR) is 356 cm³/mol. The average molecular weight is 1150 g/mol. The van der Waals surface area contributed by atoms with Crippen molar-refractivity contribution in [3.05, 3.63) is 296 Å². The van der Waals surface area contributed by atoms with Crippen LogP contribution in [0, 0.1) is 22.7 Å². The number of hydrogen-bond donors (Lipinski definition) is 0. The normalized spacial score (nSPS) is 11.1. The highest BCUT2D eigenvalue weighted by molar-refractivity contribution is 5.91. The lowest BCUT2D eigenvalue weighted by Crippen LogP contribution is -2.01. The van der Waals surface area contributed by atoms with Crippen LogP contribution in [0.1, 0.15) is 11.1 Å². The molecule has 11 heteroatoms. The molecule has 0 N–H and O–H groups in total. The molecular weight excluding hydrogens is 1100 g/mol. The number of pyridine rings is 1. The van der Waals surface area contributed by atoms with Crippen LogP contribution in [0.2, 0.25) is 0 Å². The van der Waals surface area contributed by atoms with Gasteiger partial charge < -0.3 is 0 Å². The summed E-state index contributed by atoms with van der Waals surface area (Å²) in [4.78, 5) is 46.1. The SMILES string of the molecule is N#Cc1ccc(-c2nc3ccc(-c4cccc(-c5ccc(-c6cc(-c7ccccc7)nc(-c7nc8ccccc8nc7-c7ccc(C#N)cc7)n6)cc5)c4)cc3nc2-c2ccc(-c3nc(-c4ccccc4)cc(-c4ccc(-c5ccccn5)cc4)n3)cc2)cc1. The van der Waals surface area contributed by atoms with E-state index in [1.807, 2.05) is 158 Å². The van der Waals surface area contributed by atoms with Crippen molar-refractivity contribution in [1.82, 2.24) is 44.9 Å². The minimum atomic E-state index is 0.432. The molecule has 0 aliphatic rings. The highest BCUT2D eigenvalue weighted by Gasteiger charge is 2.21. The number of aromatic nitrogens is 9. The van der Waals surface area contributed by atoms with Gasteiger partial charge in [0.15, 0.2) is 11.6 Å². The van der Waals surface area contributed by atoms with E-state index in [-0.39, 0.29) is 0 Å². The molecule has 15 rings (SSSR count). The van der Waals surface area contributed by atoms with Crippen LogP contribution < -0.4 is 0 Å². The number of para-hydroxylation sites is 2. The maximum absolute atomic E-state index is 9.71. The molecule has 90 heavy (non-hydrogen) atoms. The van der Waals surface area contributed by atoms with E-state index in [0.717, 1.165) is 123 Å². The first-order valence-corrected chi connectivity index (χ1v) is 29.3. The Morgan fingerprint density at radius 2 is 0.567 bits per heavy atom. The zero-order valence-corrected chi connectivity index (χ0v) is 48.1. The van der Waals surface area contributed by atoms with Gasteiger partial charge in [0.25, 0.3) is 0 Å². The van der Waals surface area contributed by atoms with Gasteiger partial charge in [0.1, 0.15) is 11.4 Å². The molecule has 0 saturated heterocycles. The maximum atomic E-state index is 9.71. The van der Waals surface area contributed by atoms with Crippen molar-refractivity contribution in [2.45, 2.75) is 0 Å². The molecule has 5 heterocycles. The largest absolute Gasteiger partial charge is 0.256 e. The molecule has 0 atom stereocenters. The number of nitrogens with zero attached hydrogens (tertiary/aromatic N) is 11. The Bertz CT molecular complexity index is 5260. The van der Waals surface area contributed by atoms with Gasteiger partial charge in [-0.3, -0.25) is 4.98 Å². The third kappa shape index (κ3) is 10.9. The quantitative estimate of drug-likeness (QED) is 0.114. The molecule has 0 aliphatic carbocycles. The van der Waals surface area contributed by atoms with Crippen LogP contribution in [0.15, 0.2) is 285 Å². The zero-order chi connectivity index (χ0) is 60.3. The molecular formula is C79H47N11. The second-order valence-corrected chi connectivity index (χ2v) is 21.6. The lowest BCUT2D eigenvalue weighted by molar-refractivity contribution is 1.14. The summed E-state index contributed by atoms with van der Waals surface area (Å²) in [7, 11) is 0. The summed E-state index contributed by atoms with van der Waals surface area (Å²) < 4.78 is 0. The zero-order valence-electron chi connectivity index (χ0n) is 48.1. The van der Waals surface area contributed by atoms with Crippen LogP contribution >= 0.6 is 0 Å². The van der Waals surface area contributed by atoms with E-state index in [4.69, 9.17) is 39.9 Å². The lowest BCUT2D eigenvalue weighted by atomic mass is 9.97. The molecule has 0 saturated carbocycles. The van der Waals surface area contributed by atoms with Crippen LogP contribution in [0.4, 0.5) is 0 Å². The Morgan fingerprint density at radius 1 is 0.211 bits per heavy atom. The van der Waals surface area contributed by atoms with Crippen LogP contribution in [-0.4, -0.2) is 44.9 Å². The summed E-state index contributed by atoms with van der Waals surface area (Å²) in [6.45, 7) is 0. The average Bonchev–Trinajstić information content (AvgIpc) is 1.94. The molecule has 0 unspecified atom stereocenters. The van der Waals surface area contributed by atoms with Gasteiger partial charge in [0.2, 0.25) is 0 Å². The fourth-order valence-electron chi connectivity index (χ4n) is 11.2. The summed E-state index contributed by atoms with van der Waals surface area (Å²) in [5.41, 5.74) is 22.8. The van der Waals surface area contributed by atoms with E-state index in [2.05, 4.69) is 126 Å². The van der Waals surface area contributed by atoms with E-state index < -0.39 is 0 Å². The molecule has 0 radical (unpaired) electrons. The second kappa shape index (κ2) is 23.6. The molecule has 5 aromatic heterocycles. The lowest BCUT2D eigenvalue weighted by Gasteiger charge is -2.13. The number of nitriles is 2. The minimum Gasteiger partial charge on any atom is -0.256 e. The fourth-order valence-corrected chi connectivity index (χ4v) is 11.2. The summed E-state index contributed by atoms with van der Waals surface area (Å²) in [6.07, 6.45) is 1.80. The van der Waals surface area contributed by atoms with Gasteiger partial charge in [0.05, 0.1) is 85.2 Å². The Morgan fingerprint density at radius 3 is 1.08 bits per heavy atom. The van der Waals surface area contributed by atoms with Gasteiger partial charge in [-0.1, -0.05) is 200 Å². The van der Waals surface area contributed by atoms with E-state index in [0.29, 0.717) is 45.6 Å². The molecule has 0 bridgehead atoms. The van der Waals surface area contributed by atoms with Crippen molar-refractivity contribution in [2.24, 2.45) is 0 Å². The maximum Gasteiger partial charge on any atom is 0.181 e. The van der Waals surface area contributed by atoms with E-state index in [9.17, 15) is 10.5 Å². The van der Waals surface area contributed by atoms with Crippen molar-refractivity contribution < 1.29 is 0 Å². The Labute approximate surface area is 518 Å². The third-order valence-corrected chi connectivity index (χ3v) is 15.9. The highest BCUT2D eigenvalue weighted by atomic mass is 15.0. The molecule has 11 nitrogen and oxygen atoms in total. The second-order valence-electron chi connectivity index (χ2n) is 21.6. The number of hydrogen-bond acceptors (Lipinski definition) is 11. The fraction of sp³-hybridized carbons (Fsp3) is 0. The molecule has 10 aromatic carbocycles. The van der Waals surface area contributed by atoms with Crippen molar-refractivity contribution >= 4 is 22.1 Å². The van der Waals surface area contributed by atoms with E-state index in [1.165, 1.54) is 0 Å². The van der Waals surface area contributed by atoms with Gasteiger partial charge in [0, 0.05) is 56.3 Å². The highest BCUT2D eigenvalue weighted by Crippen LogP contribution is 2.38. The van der Waals surface area contributed by atoms with Crippen molar-refractivity contribution in [3.8, 4) is 147 Å². The molecule has 0 spiro atoms. The summed E-state index contributed by atoms with van der Waals surface area (Å²) in [5.74, 6) is 1.02. The first kappa shape index (κ1) is 53.9. The summed E-state index contributed by atoms with van der Waals surface area (Å²) in [6, 6.07) is 96.9. The minimum absolute atomic E-state index is 0.432. The Hall–Kier alpha value is -12.8.